The second-order valence-electron chi connectivity index (χ2n) is 5.36. The van der Waals surface area contributed by atoms with Crippen LogP contribution >= 0.6 is 15.9 Å². The first kappa shape index (κ1) is 14.4. The Bertz CT molecular complexity index is 625. The molecule has 3 rings (SSSR count). The van der Waals surface area contributed by atoms with Crippen molar-refractivity contribution in [3.05, 3.63) is 58.3 Å². The van der Waals surface area contributed by atoms with E-state index in [1.165, 1.54) is 25.0 Å². The lowest BCUT2D eigenvalue weighted by Gasteiger charge is -2.22. The molecule has 2 nitrogen and oxygen atoms in total. The average Bonchev–Trinajstić information content (AvgIpc) is 3.31. The normalized spacial score (nSPS) is 15.6. The van der Waals surface area contributed by atoms with Crippen LogP contribution in [0.4, 0.5) is 10.1 Å². The Morgan fingerprint density at radius 3 is 2.52 bits per heavy atom. The maximum atomic E-state index is 13.1. The van der Waals surface area contributed by atoms with Crippen LogP contribution in [0.15, 0.2) is 46.9 Å². The topological polar surface area (TPSA) is 21.3 Å². The van der Waals surface area contributed by atoms with Crippen LogP contribution in [0.1, 0.15) is 24.4 Å². The maximum Gasteiger partial charge on any atom is 0.142 e. The lowest BCUT2D eigenvalue weighted by Crippen LogP contribution is -2.13. The van der Waals surface area contributed by atoms with Gasteiger partial charge in [0.1, 0.15) is 11.6 Å². The third kappa shape index (κ3) is 3.38. The molecule has 21 heavy (non-hydrogen) atoms. The number of anilines is 1. The molecule has 1 unspecified atom stereocenters. The van der Waals surface area contributed by atoms with E-state index in [0.29, 0.717) is 5.92 Å². The average molecular weight is 350 g/mol. The second-order valence-corrected chi connectivity index (χ2v) is 6.27. The first-order valence-corrected chi connectivity index (χ1v) is 7.82. The molecule has 4 heteroatoms. The highest BCUT2D eigenvalue weighted by Gasteiger charge is 2.32. The van der Waals surface area contributed by atoms with Crippen molar-refractivity contribution >= 4 is 21.6 Å². The number of hydrogen-bond acceptors (Lipinski definition) is 2. The van der Waals surface area contributed by atoms with Gasteiger partial charge in [0.2, 0.25) is 0 Å². The molecular formula is C17H17BrFNO. The Labute approximate surface area is 132 Å². The van der Waals surface area contributed by atoms with Gasteiger partial charge in [-0.25, -0.2) is 4.39 Å². The van der Waals surface area contributed by atoms with Gasteiger partial charge >= 0.3 is 0 Å². The third-order valence-electron chi connectivity index (χ3n) is 3.80. The van der Waals surface area contributed by atoms with Crippen LogP contribution < -0.4 is 10.1 Å². The van der Waals surface area contributed by atoms with Crippen LogP contribution in [0.2, 0.25) is 0 Å². The Morgan fingerprint density at radius 1 is 1.19 bits per heavy atom. The second kappa shape index (κ2) is 6.06. The molecule has 1 aliphatic carbocycles. The highest BCUT2D eigenvalue weighted by atomic mass is 79.9. The van der Waals surface area contributed by atoms with E-state index >= 15 is 0 Å². The van der Waals surface area contributed by atoms with Gasteiger partial charge in [0, 0.05) is 4.47 Å². The number of benzene rings is 2. The number of methoxy groups -OCH3 is 1. The van der Waals surface area contributed by atoms with E-state index in [1.54, 1.807) is 7.11 Å². The molecule has 2 aromatic rings. The molecule has 0 aliphatic heterocycles. The van der Waals surface area contributed by atoms with Gasteiger partial charge in [0.05, 0.1) is 18.8 Å². The van der Waals surface area contributed by atoms with Crippen LogP contribution in [0.5, 0.6) is 5.75 Å². The summed E-state index contributed by atoms with van der Waals surface area (Å²) in [5.74, 6) is 1.21. The van der Waals surface area contributed by atoms with E-state index in [-0.39, 0.29) is 11.9 Å². The predicted octanol–water partition coefficient (Wildman–Crippen LogP) is 5.16. The summed E-state index contributed by atoms with van der Waals surface area (Å²) in [4.78, 5) is 0. The van der Waals surface area contributed by atoms with E-state index in [0.717, 1.165) is 21.5 Å². The lowest BCUT2D eigenvalue weighted by atomic mass is 10.0. The quantitative estimate of drug-likeness (QED) is 0.804. The summed E-state index contributed by atoms with van der Waals surface area (Å²) >= 11 is 3.49. The van der Waals surface area contributed by atoms with Crippen molar-refractivity contribution in [1.29, 1.82) is 0 Å². The van der Waals surface area contributed by atoms with Crippen LogP contribution in [-0.4, -0.2) is 7.11 Å². The highest BCUT2D eigenvalue weighted by Crippen LogP contribution is 2.44. The number of rotatable bonds is 5. The zero-order chi connectivity index (χ0) is 14.8. The third-order valence-corrected chi connectivity index (χ3v) is 4.29. The van der Waals surface area contributed by atoms with Gasteiger partial charge < -0.3 is 10.1 Å². The summed E-state index contributed by atoms with van der Waals surface area (Å²) in [6.45, 7) is 0. The number of ether oxygens (including phenoxy) is 1. The SMILES string of the molecule is COc1ccc(Br)cc1NC(c1ccc(F)cc1)C1CC1. The first-order valence-electron chi connectivity index (χ1n) is 7.03. The number of nitrogens with one attached hydrogen (secondary N) is 1. The van der Waals surface area contributed by atoms with Crippen molar-refractivity contribution in [2.75, 3.05) is 12.4 Å². The van der Waals surface area contributed by atoms with Crippen LogP contribution in [0.25, 0.3) is 0 Å². The van der Waals surface area contributed by atoms with Gasteiger partial charge in [0.15, 0.2) is 0 Å². The molecule has 1 fully saturated rings. The molecule has 0 aromatic heterocycles. The molecule has 1 saturated carbocycles. The molecule has 1 atom stereocenters. The molecule has 1 aliphatic rings. The molecule has 1 N–H and O–H groups in total. The molecular weight excluding hydrogens is 333 g/mol. The molecule has 0 heterocycles. The molecule has 0 radical (unpaired) electrons. The van der Waals surface area contributed by atoms with Crippen molar-refractivity contribution in [1.82, 2.24) is 0 Å². The smallest absolute Gasteiger partial charge is 0.142 e. The fraction of sp³-hybridized carbons (Fsp3) is 0.294. The lowest BCUT2D eigenvalue weighted by molar-refractivity contribution is 0.415. The largest absolute Gasteiger partial charge is 0.495 e. The Kier molecular flexibility index (Phi) is 4.15. The molecule has 0 amide bonds. The minimum Gasteiger partial charge on any atom is -0.495 e. The highest BCUT2D eigenvalue weighted by molar-refractivity contribution is 9.10. The van der Waals surface area contributed by atoms with Crippen molar-refractivity contribution in [3.63, 3.8) is 0 Å². The van der Waals surface area contributed by atoms with Crippen molar-refractivity contribution in [2.24, 2.45) is 5.92 Å². The molecule has 0 spiro atoms. The minimum absolute atomic E-state index is 0.189. The van der Waals surface area contributed by atoms with E-state index in [9.17, 15) is 4.39 Å². The van der Waals surface area contributed by atoms with Crippen molar-refractivity contribution in [2.45, 2.75) is 18.9 Å². The van der Waals surface area contributed by atoms with E-state index < -0.39 is 0 Å². The standard InChI is InChI=1S/C17H17BrFNO/c1-21-16-9-6-13(18)10-15(16)20-17(11-2-3-11)12-4-7-14(19)8-5-12/h4-11,17,20H,2-3H2,1H3. The van der Waals surface area contributed by atoms with E-state index in [1.807, 2.05) is 30.3 Å². The number of hydrogen-bond donors (Lipinski definition) is 1. The van der Waals surface area contributed by atoms with Gasteiger partial charge in [-0.1, -0.05) is 28.1 Å². The van der Waals surface area contributed by atoms with Gasteiger partial charge in [-0.2, -0.15) is 0 Å². The summed E-state index contributed by atoms with van der Waals surface area (Å²) in [5.41, 5.74) is 2.06. The Hall–Kier alpha value is -1.55. The van der Waals surface area contributed by atoms with Gasteiger partial charge in [-0.15, -0.1) is 0 Å². The summed E-state index contributed by atoms with van der Waals surface area (Å²) in [7, 11) is 1.67. The summed E-state index contributed by atoms with van der Waals surface area (Å²) in [6.07, 6.45) is 2.40. The zero-order valence-electron chi connectivity index (χ0n) is 11.8. The molecule has 110 valence electrons. The Morgan fingerprint density at radius 2 is 1.90 bits per heavy atom. The van der Waals surface area contributed by atoms with Gasteiger partial charge in [-0.3, -0.25) is 0 Å². The minimum atomic E-state index is -0.201. The summed E-state index contributed by atoms with van der Waals surface area (Å²) in [5, 5.41) is 3.56. The van der Waals surface area contributed by atoms with E-state index in [4.69, 9.17) is 4.74 Å². The Balaban J connectivity index is 1.89. The number of halogens is 2. The van der Waals surface area contributed by atoms with Crippen molar-refractivity contribution < 1.29 is 9.13 Å². The predicted molar refractivity (Wildman–Crippen MR) is 86.2 cm³/mol. The van der Waals surface area contributed by atoms with E-state index in [2.05, 4.69) is 21.2 Å². The van der Waals surface area contributed by atoms with Gasteiger partial charge in [-0.05, 0) is 54.7 Å². The van der Waals surface area contributed by atoms with Crippen LogP contribution in [0.3, 0.4) is 0 Å². The fourth-order valence-electron chi connectivity index (χ4n) is 2.53. The van der Waals surface area contributed by atoms with Gasteiger partial charge in [0.25, 0.3) is 0 Å². The molecule has 2 aromatic carbocycles. The summed E-state index contributed by atoms with van der Waals surface area (Å²) in [6, 6.07) is 12.8. The fourth-order valence-corrected chi connectivity index (χ4v) is 2.89. The van der Waals surface area contributed by atoms with Crippen LogP contribution in [0, 0.1) is 11.7 Å². The monoisotopic (exact) mass is 349 g/mol. The van der Waals surface area contributed by atoms with Crippen molar-refractivity contribution in [3.8, 4) is 5.75 Å². The first-order chi connectivity index (χ1) is 10.2. The van der Waals surface area contributed by atoms with Crippen LogP contribution in [-0.2, 0) is 0 Å². The summed E-state index contributed by atoms with van der Waals surface area (Å²) < 4.78 is 19.5. The molecule has 0 saturated heterocycles. The molecule has 0 bridgehead atoms. The zero-order valence-corrected chi connectivity index (χ0v) is 13.4. The maximum absolute atomic E-state index is 13.1.